The first kappa shape index (κ1) is 18.6. The second-order valence-corrected chi connectivity index (χ2v) is 7.17. The van der Waals surface area contributed by atoms with Gasteiger partial charge in [-0.15, -0.1) is 0 Å². The third-order valence-electron chi connectivity index (χ3n) is 4.08. The van der Waals surface area contributed by atoms with Gasteiger partial charge in [0.2, 0.25) is 5.13 Å². The molecule has 0 saturated carbocycles. The summed E-state index contributed by atoms with van der Waals surface area (Å²) in [7, 11) is 0. The Kier molecular flexibility index (Phi) is 5.44. The summed E-state index contributed by atoms with van der Waals surface area (Å²) >= 11 is 1.54. The number of ether oxygens (including phenoxy) is 1. The maximum Gasteiger partial charge on any atom is 0.269 e. The van der Waals surface area contributed by atoms with E-state index >= 15 is 0 Å². The Hall–Kier alpha value is -3.78. The minimum Gasteiger partial charge on any atom is -0.489 e. The van der Waals surface area contributed by atoms with Crippen LogP contribution in [-0.4, -0.2) is 16.1 Å². The van der Waals surface area contributed by atoms with Crippen molar-refractivity contribution >= 4 is 38.6 Å². The molecule has 144 valence electrons. The number of rotatable bonds is 7. The predicted molar refractivity (Wildman–Crippen MR) is 115 cm³/mol. The zero-order chi connectivity index (χ0) is 20.1. The molecule has 29 heavy (non-hydrogen) atoms. The van der Waals surface area contributed by atoms with Crippen LogP contribution >= 0.6 is 11.3 Å². The summed E-state index contributed by atoms with van der Waals surface area (Å²) in [6, 6.07) is 21.7. The van der Waals surface area contributed by atoms with Crippen molar-refractivity contribution in [2.24, 2.45) is 5.10 Å². The van der Waals surface area contributed by atoms with E-state index in [0.29, 0.717) is 12.4 Å². The molecule has 0 atom stereocenters. The van der Waals surface area contributed by atoms with E-state index in [2.05, 4.69) is 15.5 Å². The zero-order valence-electron chi connectivity index (χ0n) is 15.2. The number of anilines is 1. The van der Waals surface area contributed by atoms with Gasteiger partial charge in [0.1, 0.15) is 12.4 Å². The number of fused-ring (bicyclic) bond motifs is 1. The van der Waals surface area contributed by atoms with Gasteiger partial charge in [-0.1, -0.05) is 35.6 Å². The van der Waals surface area contributed by atoms with E-state index in [0.717, 1.165) is 26.5 Å². The number of nitrogens with zero attached hydrogens (tertiary/aromatic N) is 3. The number of aromatic nitrogens is 1. The Bertz CT molecular complexity index is 1140. The van der Waals surface area contributed by atoms with Crippen molar-refractivity contribution in [3.63, 3.8) is 0 Å². The predicted octanol–water partition coefficient (Wildman–Crippen LogP) is 5.23. The normalized spacial score (nSPS) is 11.0. The van der Waals surface area contributed by atoms with Crippen LogP contribution in [0, 0.1) is 10.1 Å². The zero-order valence-corrected chi connectivity index (χ0v) is 16.0. The van der Waals surface area contributed by atoms with Gasteiger partial charge in [0, 0.05) is 12.1 Å². The number of benzene rings is 3. The average Bonchev–Trinajstić information content (AvgIpc) is 3.16. The van der Waals surface area contributed by atoms with E-state index in [9.17, 15) is 10.1 Å². The van der Waals surface area contributed by atoms with Gasteiger partial charge in [-0.25, -0.2) is 4.98 Å². The second-order valence-electron chi connectivity index (χ2n) is 6.14. The first-order valence-electron chi connectivity index (χ1n) is 8.78. The minimum atomic E-state index is -0.421. The largest absolute Gasteiger partial charge is 0.489 e. The number of hydrogen-bond acceptors (Lipinski definition) is 7. The van der Waals surface area contributed by atoms with E-state index in [1.165, 1.54) is 12.1 Å². The molecule has 0 aliphatic rings. The topological polar surface area (TPSA) is 89.7 Å². The van der Waals surface area contributed by atoms with Gasteiger partial charge in [-0.05, 0) is 47.5 Å². The molecule has 1 heterocycles. The summed E-state index contributed by atoms with van der Waals surface area (Å²) in [5.41, 5.74) is 5.69. The molecular weight excluding hydrogens is 388 g/mol. The molecule has 7 nitrogen and oxygen atoms in total. The van der Waals surface area contributed by atoms with Crippen LogP contribution in [0.15, 0.2) is 77.9 Å². The highest BCUT2D eigenvalue weighted by Crippen LogP contribution is 2.25. The van der Waals surface area contributed by atoms with Crippen LogP contribution in [0.1, 0.15) is 11.1 Å². The van der Waals surface area contributed by atoms with Gasteiger partial charge < -0.3 is 4.74 Å². The lowest BCUT2D eigenvalue weighted by atomic mass is 10.2. The first-order valence-corrected chi connectivity index (χ1v) is 9.60. The van der Waals surface area contributed by atoms with Gasteiger partial charge in [0.25, 0.3) is 5.69 Å². The molecule has 1 aromatic heterocycles. The minimum absolute atomic E-state index is 0.0626. The summed E-state index contributed by atoms with van der Waals surface area (Å²) in [5.74, 6) is 0.687. The number of thiazole rings is 1. The highest BCUT2D eigenvalue weighted by atomic mass is 32.1. The molecule has 0 bridgehead atoms. The number of hydrazone groups is 1. The number of non-ortho nitro benzene ring substituents is 1. The Labute approximate surface area is 170 Å². The SMILES string of the molecule is O=[N+]([O-])c1ccc(COc2cccc(/C=N\Nc3nc4ccccc4s3)c2)cc1. The molecule has 0 radical (unpaired) electrons. The molecule has 8 heteroatoms. The summed E-state index contributed by atoms with van der Waals surface area (Å²) in [5, 5.41) is 15.7. The van der Waals surface area contributed by atoms with Gasteiger partial charge in [0.15, 0.2) is 0 Å². The van der Waals surface area contributed by atoms with Crippen LogP contribution in [0.25, 0.3) is 10.2 Å². The molecule has 0 unspecified atom stereocenters. The fourth-order valence-corrected chi connectivity index (χ4v) is 3.46. The lowest BCUT2D eigenvalue weighted by Gasteiger charge is -2.06. The van der Waals surface area contributed by atoms with Gasteiger partial charge in [-0.2, -0.15) is 5.10 Å². The number of para-hydroxylation sites is 1. The van der Waals surface area contributed by atoms with Gasteiger partial charge in [0.05, 0.1) is 21.4 Å². The summed E-state index contributed by atoms with van der Waals surface area (Å²) in [4.78, 5) is 14.8. The quantitative estimate of drug-likeness (QED) is 0.259. The van der Waals surface area contributed by atoms with Crippen LogP contribution in [0.2, 0.25) is 0 Å². The molecule has 3 aromatic carbocycles. The third-order valence-corrected chi connectivity index (χ3v) is 5.02. The van der Waals surface area contributed by atoms with Crippen LogP contribution < -0.4 is 10.2 Å². The van der Waals surface area contributed by atoms with E-state index in [-0.39, 0.29) is 5.69 Å². The first-order chi connectivity index (χ1) is 14.2. The standard InChI is InChI=1S/C21H16N4O3S/c26-25(27)17-10-8-15(9-11-17)14-28-18-5-3-4-16(12-18)13-22-24-21-23-19-6-1-2-7-20(19)29-21/h1-13H,14H2,(H,23,24)/b22-13-. The summed E-state index contributed by atoms with van der Waals surface area (Å²) < 4.78 is 6.88. The molecular formula is C21H16N4O3S. The molecule has 0 fully saturated rings. The molecule has 0 amide bonds. The number of nitro benzene ring substituents is 1. The highest BCUT2D eigenvalue weighted by Gasteiger charge is 2.05. The van der Waals surface area contributed by atoms with E-state index < -0.39 is 4.92 Å². The number of nitro groups is 1. The number of nitrogens with one attached hydrogen (secondary N) is 1. The van der Waals surface area contributed by atoms with Crippen molar-refractivity contribution in [1.29, 1.82) is 0 Å². The maximum absolute atomic E-state index is 10.7. The van der Waals surface area contributed by atoms with Crippen molar-refractivity contribution in [3.05, 3.63) is 94.0 Å². The Balaban J connectivity index is 1.36. The molecule has 0 spiro atoms. The van der Waals surface area contributed by atoms with E-state index in [1.807, 2.05) is 48.5 Å². The van der Waals surface area contributed by atoms with Gasteiger partial charge in [-0.3, -0.25) is 15.5 Å². The molecule has 0 saturated heterocycles. The molecule has 0 aliphatic carbocycles. The Morgan fingerprint density at radius 2 is 1.93 bits per heavy atom. The highest BCUT2D eigenvalue weighted by molar-refractivity contribution is 7.22. The lowest BCUT2D eigenvalue weighted by molar-refractivity contribution is -0.384. The number of hydrogen-bond donors (Lipinski definition) is 1. The Morgan fingerprint density at radius 1 is 1.10 bits per heavy atom. The fraction of sp³-hybridized carbons (Fsp3) is 0.0476. The van der Waals surface area contributed by atoms with Crippen LogP contribution in [0.3, 0.4) is 0 Å². The monoisotopic (exact) mass is 404 g/mol. The smallest absolute Gasteiger partial charge is 0.269 e. The van der Waals surface area contributed by atoms with Crippen LogP contribution in [0.5, 0.6) is 5.75 Å². The fourth-order valence-electron chi connectivity index (χ4n) is 2.65. The van der Waals surface area contributed by atoms with Crippen molar-refractivity contribution < 1.29 is 9.66 Å². The average molecular weight is 404 g/mol. The van der Waals surface area contributed by atoms with Gasteiger partial charge >= 0.3 is 0 Å². The van der Waals surface area contributed by atoms with E-state index in [1.54, 1.807) is 29.7 Å². The van der Waals surface area contributed by atoms with Crippen LogP contribution in [-0.2, 0) is 6.61 Å². The van der Waals surface area contributed by atoms with Crippen molar-refractivity contribution in [3.8, 4) is 5.75 Å². The van der Waals surface area contributed by atoms with Crippen molar-refractivity contribution in [2.75, 3.05) is 5.43 Å². The molecule has 0 aliphatic heterocycles. The van der Waals surface area contributed by atoms with Crippen molar-refractivity contribution in [1.82, 2.24) is 4.98 Å². The molecule has 4 aromatic rings. The van der Waals surface area contributed by atoms with E-state index in [4.69, 9.17) is 4.74 Å². The molecule has 4 rings (SSSR count). The second kappa shape index (κ2) is 8.49. The Morgan fingerprint density at radius 3 is 2.72 bits per heavy atom. The van der Waals surface area contributed by atoms with Crippen molar-refractivity contribution in [2.45, 2.75) is 6.61 Å². The maximum atomic E-state index is 10.7. The third kappa shape index (κ3) is 4.74. The lowest BCUT2D eigenvalue weighted by Crippen LogP contribution is -1.97. The molecule has 1 N–H and O–H groups in total. The summed E-state index contributed by atoms with van der Waals surface area (Å²) in [6.45, 7) is 0.322. The summed E-state index contributed by atoms with van der Waals surface area (Å²) in [6.07, 6.45) is 1.70. The van der Waals surface area contributed by atoms with Crippen LogP contribution in [0.4, 0.5) is 10.8 Å².